The van der Waals surface area contributed by atoms with Crippen LogP contribution in [0.2, 0.25) is 0 Å². The van der Waals surface area contributed by atoms with Gasteiger partial charge in [0.25, 0.3) is 0 Å². The summed E-state index contributed by atoms with van der Waals surface area (Å²) >= 11 is 0. The SMILES string of the molecule is NC(=O)c1ccc(F)c(COCC2CCNC2)c1. The van der Waals surface area contributed by atoms with Gasteiger partial charge in [0, 0.05) is 17.7 Å². The molecule has 1 aromatic rings. The van der Waals surface area contributed by atoms with E-state index in [9.17, 15) is 9.18 Å². The molecule has 1 saturated heterocycles. The fraction of sp³-hybridized carbons (Fsp3) is 0.462. The summed E-state index contributed by atoms with van der Waals surface area (Å²) in [7, 11) is 0. The highest BCUT2D eigenvalue weighted by atomic mass is 19.1. The molecule has 2 rings (SSSR count). The Bertz CT molecular complexity index is 431. The highest BCUT2D eigenvalue weighted by Gasteiger charge is 2.15. The van der Waals surface area contributed by atoms with Crippen molar-refractivity contribution in [2.75, 3.05) is 19.7 Å². The average Bonchev–Trinajstić information content (AvgIpc) is 2.84. The number of nitrogens with two attached hydrogens (primary N) is 1. The van der Waals surface area contributed by atoms with E-state index in [-0.39, 0.29) is 12.4 Å². The van der Waals surface area contributed by atoms with Crippen LogP contribution in [0.3, 0.4) is 0 Å². The Labute approximate surface area is 105 Å². The summed E-state index contributed by atoms with van der Waals surface area (Å²) in [5.74, 6) is -0.437. The van der Waals surface area contributed by atoms with Crippen molar-refractivity contribution in [2.24, 2.45) is 11.7 Å². The molecular weight excluding hydrogens is 235 g/mol. The van der Waals surface area contributed by atoms with Gasteiger partial charge >= 0.3 is 0 Å². The molecule has 1 aromatic carbocycles. The topological polar surface area (TPSA) is 64.4 Å². The normalized spacial score (nSPS) is 19.1. The van der Waals surface area contributed by atoms with Crippen LogP contribution in [0.1, 0.15) is 22.3 Å². The average molecular weight is 252 g/mol. The summed E-state index contributed by atoms with van der Waals surface area (Å²) in [5.41, 5.74) is 5.83. The minimum atomic E-state index is -0.559. The van der Waals surface area contributed by atoms with Gasteiger partial charge in [-0.05, 0) is 37.1 Å². The molecule has 18 heavy (non-hydrogen) atoms. The van der Waals surface area contributed by atoms with E-state index in [1.54, 1.807) is 0 Å². The molecule has 0 bridgehead atoms. The lowest BCUT2D eigenvalue weighted by Gasteiger charge is -2.10. The third-order valence-electron chi connectivity index (χ3n) is 3.10. The number of benzene rings is 1. The molecule has 5 heteroatoms. The molecule has 98 valence electrons. The monoisotopic (exact) mass is 252 g/mol. The number of halogens is 1. The Balaban J connectivity index is 1.91. The van der Waals surface area contributed by atoms with Gasteiger partial charge in [0.1, 0.15) is 5.82 Å². The Hall–Kier alpha value is -1.46. The zero-order valence-corrected chi connectivity index (χ0v) is 10.1. The van der Waals surface area contributed by atoms with E-state index in [0.717, 1.165) is 19.5 Å². The van der Waals surface area contributed by atoms with Crippen molar-refractivity contribution < 1.29 is 13.9 Å². The molecule has 3 N–H and O–H groups in total. The number of amides is 1. The van der Waals surface area contributed by atoms with Crippen LogP contribution in [-0.2, 0) is 11.3 Å². The molecule has 0 aromatic heterocycles. The first-order valence-corrected chi connectivity index (χ1v) is 6.03. The van der Waals surface area contributed by atoms with E-state index in [2.05, 4.69) is 5.32 Å². The maximum atomic E-state index is 13.5. The van der Waals surface area contributed by atoms with E-state index >= 15 is 0 Å². The van der Waals surface area contributed by atoms with Gasteiger partial charge in [0.05, 0.1) is 13.2 Å². The predicted molar refractivity (Wildman–Crippen MR) is 65.6 cm³/mol. The zero-order chi connectivity index (χ0) is 13.0. The summed E-state index contributed by atoms with van der Waals surface area (Å²) in [6, 6.07) is 4.07. The molecule has 1 amide bonds. The summed E-state index contributed by atoms with van der Waals surface area (Å²) in [4.78, 5) is 11.0. The first-order valence-electron chi connectivity index (χ1n) is 6.03. The molecule has 1 heterocycles. The number of hydrogen-bond donors (Lipinski definition) is 2. The quantitative estimate of drug-likeness (QED) is 0.823. The van der Waals surface area contributed by atoms with Gasteiger partial charge in [0.2, 0.25) is 5.91 Å². The van der Waals surface area contributed by atoms with Crippen molar-refractivity contribution in [3.05, 3.63) is 35.1 Å². The number of carbonyl (C=O) groups is 1. The fourth-order valence-electron chi connectivity index (χ4n) is 2.03. The second kappa shape index (κ2) is 5.93. The summed E-state index contributed by atoms with van der Waals surface area (Å²) in [6.45, 7) is 2.74. The van der Waals surface area contributed by atoms with Crippen molar-refractivity contribution in [1.82, 2.24) is 5.32 Å². The number of hydrogen-bond acceptors (Lipinski definition) is 3. The summed E-state index contributed by atoms with van der Waals surface area (Å²) < 4.78 is 19.0. The van der Waals surface area contributed by atoms with Gasteiger partial charge in [-0.3, -0.25) is 4.79 Å². The second-order valence-corrected chi connectivity index (χ2v) is 4.54. The van der Waals surface area contributed by atoms with Crippen molar-refractivity contribution in [3.8, 4) is 0 Å². The number of rotatable bonds is 5. The van der Waals surface area contributed by atoms with Crippen LogP contribution in [0.25, 0.3) is 0 Å². The standard InChI is InChI=1S/C13H17FN2O2/c14-12-2-1-10(13(15)17)5-11(12)8-18-7-9-3-4-16-6-9/h1-2,5,9,16H,3-4,6-8H2,(H2,15,17). The molecule has 4 nitrogen and oxygen atoms in total. The van der Waals surface area contributed by atoms with Crippen LogP contribution < -0.4 is 11.1 Å². The minimum absolute atomic E-state index is 0.170. The van der Waals surface area contributed by atoms with Gasteiger partial charge < -0.3 is 15.8 Å². The van der Waals surface area contributed by atoms with Gasteiger partial charge in [-0.15, -0.1) is 0 Å². The van der Waals surface area contributed by atoms with E-state index < -0.39 is 5.91 Å². The third kappa shape index (κ3) is 3.27. The largest absolute Gasteiger partial charge is 0.376 e. The molecule has 0 aliphatic carbocycles. The molecule has 1 unspecified atom stereocenters. The van der Waals surface area contributed by atoms with Crippen LogP contribution in [0, 0.1) is 11.7 Å². The number of primary amides is 1. The molecule has 0 radical (unpaired) electrons. The Morgan fingerprint density at radius 3 is 3.06 bits per heavy atom. The van der Waals surface area contributed by atoms with E-state index in [1.165, 1.54) is 18.2 Å². The predicted octanol–water partition coefficient (Wildman–Crippen LogP) is 1.05. The van der Waals surface area contributed by atoms with Gasteiger partial charge in [-0.2, -0.15) is 0 Å². The van der Waals surface area contributed by atoms with E-state index in [0.29, 0.717) is 23.7 Å². The van der Waals surface area contributed by atoms with Gasteiger partial charge in [-0.1, -0.05) is 0 Å². The maximum Gasteiger partial charge on any atom is 0.248 e. The van der Waals surface area contributed by atoms with Crippen molar-refractivity contribution in [3.63, 3.8) is 0 Å². The molecule has 0 spiro atoms. The minimum Gasteiger partial charge on any atom is -0.376 e. The van der Waals surface area contributed by atoms with Gasteiger partial charge in [-0.25, -0.2) is 4.39 Å². The third-order valence-corrected chi connectivity index (χ3v) is 3.10. The smallest absolute Gasteiger partial charge is 0.248 e. The summed E-state index contributed by atoms with van der Waals surface area (Å²) in [6.07, 6.45) is 1.09. The summed E-state index contributed by atoms with van der Waals surface area (Å²) in [5, 5.41) is 3.24. The molecule has 1 fully saturated rings. The highest BCUT2D eigenvalue weighted by Crippen LogP contribution is 2.14. The molecule has 1 aliphatic heterocycles. The second-order valence-electron chi connectivity index (χ2n) is 4.54. The van der Waals surface area contributed by atoms with Crippen LogP contribution in [-0.4, -0.2) is 25.6 Å². The van der Waals surface area contributed by atoms with Crippen molar-refractivity contribution >= 4 is 5.91 Å². The van der Waals surface area contributed by atoms with Crippen molar-refractivity contribution in [1.29, 1.82) is 0 Å². The zero-order valence-electron chi connectivity index (χ0n) is 10.1. The highest BCUT2D eigenvalue weighted by molar-refractivity contribution is 5.92. The van der Waals surface area contributed by atoms with Crippen LogP contribution in [0.5, 0.6) is 0 Å². The van der Waals surface area contributed by atoms with Crippen molar-refractivity contribution in [2.45, 2.75) is 13.0 Å². The van der Waals surface area contributed by atoms with Gasteiger partial charge in [0.15, 0.2) is 0 Å². The molecule has 1 atom stereocenters. The maximum absolute atomic E-state index is 13.5. The first kappa shape index (κ1) is 13.0. The van der Waals surface area contributed by atoms with Crippen LogP contribution in [0.15, 0.2) is 18.2 Å². The number of ether oxygens (including phenoxy) is 1. The van der Waals surface area contributed by atoms with Crippen LogP contribution >= 0.6 is 0 Å². The first-order chi connectivity index (χ1) is 8.66. The molecule has 1 aliphatic rings. The Morgan fingerprint density at radius 1 is 1.56 bits per heavy atom. The number of carbonyl (C=O) groups excluding carboxylic acids is 1. The van der Waals surface area contributed by atoms with E-state index in [1.807, 2.05) is 0 Å². The number of nitrogens with one attached hydrogen (secondary N) is 1. The lowest BCUT2D eigenvalue weighted by atomic mass is 10.1. The Kier molecular flexibility index (Phi) is 4.28. The fourth-order valence-corrected chi connectivity index (χ4v) is 2.03. The van der Waals surface area contributed by atoms with E-state index in [4.69, 9.17) is 10.5 Å². The lowest BCUT2D eigenvalue weighted by Crippen LogP contribution is -2.14. The molecular formula is C13H17FN2O2. The van der Waals surface area contributed by atoms with Crippen LogP contribution in [0.4, 0.5) is 4.39 Å². The Morgan fingerprint density at radius 2 is 2.39 bits per heavy atom. The molecule has 0 saturated carbocycles. The lowest BCUT2D eigenvalue weighted by molar-refractivity contribution is 0.0903.